The van der Waals surface area contributed by atoms with Crippen LogP contribution >= 0.6 is 11.6 Å². The molecule has 0 heterocycles. The van der Waals surface area contributed by atoms with Gasteiger partial charge in [0.25, 0.3) is 5.91 Å². The maximum absolute atomic E-state index is 12.6. The molecule has 0 spiro atoms. The van der Waals surface area contributed by atoms with Gasteiger partial charge in [-0.3, -0.25) is 9.10 Å². The van der Waals surface area contributed by atoms with Gasteiger partial charge in [-0.15, -0.1) is 0 Å². The Morgan fingerprint density at radius 1 is 1.00 bits per heavy atom. The standard InChI is InChI=1S/C24H25ClN2O4S/c1-16-5-11-21(13-17(16)2)27(32(4,29)30)15-18-6-8-19(9-7-18)24(28)26-20-10-12-23(31-3)22(25)14-20/h5-14H,15H2,1-4H3,(H,26,28). The van der Waals surface area contributed by atoms with Gasteiger partial charge >= 0.3 is 0 Å². The molecule has 0 aromatic heterocycles. The molecule has 32 heavy (non-hydrogen) atoms. The number of anilines is 2. The van der Waals surface area contributed by atoms with Crippen LogP contribution in [0.3, 0.4) is 0 Å². The summed E-state index contributed by atoms with van der Waals surface area (Å²) in [5, 5.41) is 3.18. The quantitative estimate of drug-likeness (QED) is 0.513. The van der Waals surface area contributed by atoms with Crippen LogP contribution in [-0.2, 0) is 16.6 Å². The molecule has 0 radical (unpaired) electrons. The predicted octanol–water partition coefficient (Wildman–Crippen LogP) is 5.18. The highest BCUT2D eigenvalue weighted by molar-refractivity contribution is 7.92. The Morgan fingerprint density at radius 2 is 1.69 bits per heavy atom. The van der Waals surface area contributed by atoms with Crippen molar-refractivity contribution in [3.63, 3.8) is 0 Å². The molecule has 1 N–H and O–H groups in total. The van der Waals surface area contributed by atoms with Gasteiger partial charge in [0.05, 0.1) is 30.6 Å². The Hall–Kier alpha value is -3.03. The highest BCUT2D eigenvalue weighted by Crippen LogP contribution is 2.28. The number of aryl methyl sites for hydroxylation is 2. The van der Waals surface area contributed by atoms with Crippen molar-refractivity contribution < 1.29 is 17.9 Å². The molecule has 0 unspecified atom stereocenters. The minimum atomic E-state index is -3.49. The Kier molecular flexibility index (Phi) is 7.11. The van der Waals surface area contributed by atoms with Gasteiger partial charge in [-0.05, 0) is 73.0 Å². The van der Waals surface area contributed by atoms with Crippen LogP contribution in [-0.4, -0.2) is 27.7 Å². The van der Waals surface area contributed by atoms with Crippen molar-refractivity contribution >= 4 is 38.9 Å². The number of nitrogens with zero attached hydrogens (tertiary/aromatic N) is 1. The van der Waals surface area contributed by atoms with E-state index < -0.39 is 10.0 Å². The van der Waals surface area contributed by atoms with Gasteiger partial charge in [0, 0.05) is 11.3 Å². The normalized spacial score (nSPS) is 11.2. The first-order valence-electron chi connectivity index (χ1n) is 9.87. The number of halogens is 1. The zero-order valence-electron chi connectivity index (χ0n) is 18.3. The largest absolute Gasteiger partial charge is 0.495 e. The molecule has 0 aliphatic heterocycles. The molecule has 3 aromatic carbocycles. The van der Waals surface area contributed by atoms with Gasteiger partial charge in [-0.1, -0.05) is 29.8 Å². The first-order valence-corrected chi connectivity index (χ1v) is 12.1. The minimum Gasteiger partial charge on any atom is -0.495 e. The summed E-state index contributed by atoms with van der Waals surface area (Å²) in [5.74, 6) is 0.222. The third-order valence-corrected chi connectivity index (χ3v) is 6.57. The molecule has 0 fully saturated rings. The lowest BCUT2D eigenvalue weighted by Crippen LogP contribution is -2.29. The third kappa shape index (κ3) is 5.60. The molecule has 0 saturated carbocycles. The monoisotopic (exact) mass is 472 g/mol. The van der Waals surface area contributed by atoms with Gasteiger partial charge in [-0.2, -0.15) is 0 Å². The molecule has 0 bridgehead atoms. The number of ether oxygens (including phenoxy) is 1. The van der Waals surface area contributed by atoms with E-state index >= 15 is 0 Å². The SMILES string of the molecule is COc1ccc(NC(=O)c2ccc(CN(c3ccc(C)c(C)c3)S(C)(=O)=O)cc2)cc1Cl. The van der Waals surface area contributed by atoms with Crippen LogP contribution in [0.4, 0.5) is 11.4 Å². The number of nitrogens with one attached hydrogen (secondary N) is 1. The van der Waals surface area contributed by atoms with Crippen molar-refractivity contribution in [2.45, 2.75) is 20.4 Å². The van der Waals surface area contributed by atoms with Crippen molar-refractivity contribution in [2.75, 3.05) is 23.0 Å². The van der Waals surface area contributed by atoms with Gasteiger partial charge < -0.3 is 10.1 Å². The first-order chi connectivity index (χ1) is 15.1. The number of benzene rings is 3. The highest BCUT2D eigenvalue weighted by Gasteiger charge is 2.19. The Balaban J connectivity index is 1.76. The molecule has 3 aromatic rings. The Bertz CT molecular complexity index is 1240. The number of rotatable bonds is 7. The second-order valence-electron chi connectivity index (χ2n) is 7.54. The lowest BCUT2D eigenvalue weighted by Gasteiger charge is -2.23. The maximum atomic E-state index is 12.6. The van der Waals surface area contributed by atoms with E-state index in [2.05, 4.69) is 5.32 Å². The molecule has 6 nitrogen and oxygen atoms in total. The molecule has 8 heteroatoms. The van der Waals surface area contributed by atoms with Crippen molar-refractivity contribution in [1.82, 2.24) is 0 Å². The highest BCUT2D eigenvalue weighted by atomic mass is 35.5. The maximum Gasteiger partial charge on any atom is 0.255 e. The van der Waals surface area contributed by atoms with Gasteiger partial charge in [0.15, 0.2) is 0 Å². The number of amides is 1. The van der Waals surface area contributed by atoms with Crippen LogP contribution in [0.5, 0.6) is 5.75 Å². The fraction of sp³-hybridized carbons (Fsp3) is 0.208. The predicted molar refractivity (Wildman–Crippen MR) is 129 cm³/mol. The van der Waals surface area contributed by atoms with E-state index in [-0.39, 0.29) is 12.5 Å². The van der Waals surface area contributed by atoms with Crippen LogP contribution in [0.2, 0.25) is 5.02 Å². The van der Waals surface area contributed by atoms with E-state index in [1.807, 2.05) is 26.0 Å². The third-order valence-electron chi connectivity index (χ3n) is 5.13. The van der Waals surface area contributed by atoms with Crippen molar-refractivity contribution in [3.8, 4) is 5.75 Å². The zero-order chi connectivity index (χ0) is 23.5. The summed E-state index contributed by atoms with van der Waals surface area (Å²) in [5.41, 5.74) is 4.46. The number of carbonyl (C=O) groups is 1. The molecular formula is C24H25ClN2O4S. The van der Waals surface area contributed by atoms with Gasteiger partial charge in [0.1, 0.15) is 5.75 Å². The summed E-state index contributed by atoms with van der Waals surface area (Å²) in [7, 11) is -1.97. The molecule has 0 aliphatic rings. The van der Waals surface area contributed by atoms with Gasteiger partial charge in [-0.25, -0.2) is 8.42 Å². The van der Waals surface area contributed by atoms with Crippen molar-refractivity contribution in [1.29, 1.82) is 0 Å². The zero-order valence-corrected chi connectivity index (χ0v) is 19.9. The number of carbonyl (C=O) groups excluding carboxylic acids is 1. The minimum absolute atomic E-state index is 0.164. The molecule has 168 valence electrons. The lowest BCUT2D eigenvalue weighted by atomic mass is 10.1. The smallest absolute Gasteiger partial charge is 0.255 e. The number of methoxy groups -OCH3 is 1. The van der Waals surface area contributed by atoms with Crippen molar-refractivity contribution in [3.05, 3.63) is 87.9 Å². The molecule has 0 atom stereocenters. The molecule has 1 amide bonds. The lowest BCUT2D eigenvalue weighted by molar-refractivity contribution is 0.102. The van der Waals surface area contributed by atoms with Crippen LogP contribution in [0.15, 0.2) is 60.7 Å². The van der Waals surface area contributed by atoms with Crippen LogP contribution in [0, 0.1) is 13.8 Å². The second-order valence-corrected chi connectivity index (χ2v) is 9.85. The van der Waals surface area contributed by atoms with Crippen LogP contribution < -0.4 is 14.4 Å². The fourth-order valence-corrected chi connectivity index (χ4v) is 4.29. The molecule has 3 rings (SSSR count). The summed E-state index contributed by atoms with van der Waals surface area (Å²) < 4.78 is 31.3. The Morgan fingerprint density at radius 3 is 2.25 bits per heavy atom. The summed E-state index contributed by atoms with van der Waals surface area (Å²) in [6.45, 7) is 4.09. The van der Waals surface area contributed by atoms with Gasteiger partial charge in [0.2, 0.25) is 10.0 Å². The average molecular weight is 473 g/mol. The summed E-state index contributed by atoms with van der Waals surface area (Å²) >= 11 is 6.10. The second kappa shape index (κ2) is 9.63. The molecular weight excluding hydrogens is 448 g/mol. The molecule has 0 saturated heterocycles. The van der Waals surface area contributed by atoms with E-state index in [4.69, 9.17) is 16.3 Å². The molecule has 0 aliphatic carbocycles. The van der Waals surface area contributed by atoms with E-state index in [0.29, 0.717) is 27.7 Å². The number of hydrogen-bond acceptors (Lipinski definition) is 4. The number of hydrogen-bond donors (Lipinski definition) is 1. The van der Waals surface area contributed by atoms with Crippen LogP contribution in [0.25, 0.3) is 0 Å². The summed E-state index contributed by atoms with van der Waals surface area (Å²) in [6, 6.07) is 17.4. The summed E-state index contributed by atoms with van der Waals surface area (Å²) in [6.07, 6.45) is 1.18. The topological polar surface area (TPSA) is 75.7 Å². The van der Waals surface area contributed by atoms with Crippen LogP contribution in [0.1, 0.15) is 27.0 Å². The first kappa shape index (κ1) is 23.6. The van der Waals surface area contributed by atoms with E-state index in [0.717, 1.165) is 16.7 Å². The van der Waals surface area contributed by atoms with E-state index in [1.165, 1.54) is 17.7 Å². The van der Waals surface area contributed by atoms with Crippen molar-refractivity contribution in [2.24, 2.45) is 0 Å². The van der Waals surface area contributed by atoms with E-state index in [1.54, 1.807) is 48.5 Å². The Labute approximate surface area is 193 Å². The summed E-state index contributed by atoms with van der Waals surface area (Å²) in [4.78, 5) is 12.6. The van der Waals surface area contributed by atoms with E-state index in [9.17, 15) is 13.2 Å². The fourth-order valence-electron chi connectivity index (χ4n) is 3.16. The average Bonchev–Trinajstić information content (AvgIpc) is 2.74. The number of sulfonamides is 1.